The summed E-state index contributed by atoms with van der Waals surface area (Å²) in [5.74, 6) is 2.66. The molecule has 2 aliphatic rings. The van der Waals surface area contributed by atoms with Gasteiger partial charge in [0.1, 0.15) is 12.4 Å². The number of hydrogen-bond acceptors (Lipinski definition) is 4. The van der Waals surface area contributed by atoms with E-state index in [1.165, 1.54) is 25.7 Å². The highest BCUT2D eigenvalue weighted by Crippen LogP contribution is 2.54. The summed E-state index contributed by atoms with van der Waals surface area (Å²) >= 11 is 0. The Labute approximate surface area is 150 Å². The van der Waals surface area contributed by atoms with Crippen LogP contribution in [0.4, 0.5) is 0 Å². The van der Waals surface area contributed by atoms with Crippen molar-refractivity contribution in [1.82, 2.24) is 25.4 Å². The van der Waals surface area contributed by atoms with Gasteiger partial charge in [-0.3, -0.25) is 0 Å². The SMILES string of the molecule is CCNC(=NCc1nnc(C)n1C)NC1CC(OCC)C12CCCC2. The van der Waals surface area contributed by atoms with E-state index in [4.69, 9.17) is 9.73 Å². The number of nitrogens with one attached hydrogen (secondary N) is 2. The van der Waals surface area contributed by atoms with Gasteiger partial charge in [-0.25, -0.2) is 4.99 Å². The Balaban J connectivity index is 1.67. The van der Waals surface area contributed by atoms with E-state index in [1.54, 1.807) is 0 Å². The van der Waals surface area contributed by atoms with Crippen LogP contribution in [-0.4, -0.2) is 46.0 Å². The molecular weight excluding hydrogens is 316 g/mol. The van der Waals surface area contributed by atoms with Gasteiger partial charge in [-0.15, -0.1) is 10.2 Å². The number of guanidine groups is 1. The Kier molecular flexibility index (Phi) is 5.61. The van der Waals surface area contributed by atoms with Crippen molar-refractivity contribution in [2.24, 2.45) is 17.5 Å². The van der Waals surface area contributed by atoms with Crippen molar-refractivity contribution >= 4 is 5.96 Å². The maximum absolute atomic E-state index is 6.01. The average molecular weight is 348 g/mol. The summed E-state index contributed by atoms with van der Waals surface area (Å²) in [4.78, 5) is 4.74. The number of aromatic nitrogens is 3. The van der Waals surface area contributed by atoms with Gasteiger partial charge in [0.15, 0.2) is 11.8 Å². The molecule has 0 aliphatic heterocycles. The van der Waals surface area contributed by atoms with E-state index < -0.39 is 0 Å². The van der Waals surface area contributed by atoms with Gasteiger partial charge in [0.25, 0.3) is 0 Å². The molecule has 1 aromatic heterocycles. The molecule has 3 rings (SSSR count). The fourth-order valence-electron chi connectivity index (χ4n) is 4.31. The number of aryl methyl sites for hydroxylation is 1. The lowest BCUT2D eigenvalue weighted by Gasteiger charge is -2.54. The first kappa shape index (κ1) is 18.2. The Morgan fingerprint density at radius 1 is 1.32 bits per heavy atom. The number of ether oxygens (including phenoxy) is 1. The normalized spacial score (nSPS) is 25.2. The molecule has 1 heterocycles. The highest BCUT2D eigenvalue weighted by Gasteiger charge is 2.56. The summed E-state index contributed by atoms with van der Waals surface area (Å²) in [7, 11) is 1.98. The zero-order chi connectivity index (χ0) is 17.9. The minimum absolute atomic E-state index is 0.299. The standard InChI is InChI=1S/C18H32N6O/c1-5-19-17(20-12-16-23-22-13(3)24(16)4)21-14-11-15(25-6-2)18(14)9-7-8-10-18/h14-15H,5-12H2,1-4H3,(H2,19,20,21). The number of aliphatic imine (C=N–C) groups is 1. The number of nitrogens with zero attached hydrogens (tertiary/aromatic N) is 4. The highest BCUT2D eigenvalue weighted by molar-refractivity contribution is 5.80. The van der Waals surface area contributed by atoms with E-state index in [-0.39, 0.29) is 0 Å². The monoisotopic (exact) mass is 348 g/mol. The van der Waals surface area contributed by atoms with E-state index in [9.17, 15) is 0 Å². The molecule has 7 nitrogen and oxygen atoms in total. The van der Waals surface area contributed by atoms with Gasteiger partial charge in [0.2, 0.25) is 0 Å². The van der Waals surface area contributed by atoms with Crippen LogP contribution in [0.3, 0.4) is 0 Å². The van der Waals surface area contributed by atoms with E-state index >= 15 is 0 Å². The van der Waals surface area contributed by atoms with Crippen LogP contribution in [0.1, 0.15) is 57.6 Å². The van der Waals surface area contributed by atoms with Crippen LogP contribution in [0.15, 0.2) is 4.99 Å². The van der Waals surface area contributed by atoms with Gasteiger partial charge >= 0.3 is 0 Å². The van der Waals surface area contributed by atoms with Crippen molar-refractivity contribution in [3.63, 3.8) is 0 Å². The van der Waals surface area contributed by atoms with Gasteiger partial charge in [-0.2, -0.15) is 0 Å². The molecular formula is C18H32N6O. The van der Waals surface area contributed by atoms with Crippen molar-refractivity contribution in [2.45, 2.75) is 71.6 Å². The molecule has 0 saturated heterocycles. The second-order valence-electron chi connectivity index (χ2n) is 7.23. The van der Waals surface area contributed by atoms with Crippen LogP contribution >= 0.6 is 0 Å². The van der Waals surface area contributed by atoms with Crippen LogP contribution in [0.2, 0.25) is 0 Å². The van der Waals surface area contributed by atoms with Gasteiger partial charge in [0, 0.05) is 31.7 Å². The van der Waals surface area contributed by atoms with Gasteiger partial charge in [-0.1, -0.05) is 12.8 Å². The Hall–Kier alpha value is -1.63. The topological polar surface area (TPSA) is 76.4 Å². The third-order valence-corrected chi connectivity index (χ3v) is 5.90. The van der Waals surface area contributed by atoms with E-state index in [2.05, 4.69) is 34.7 Å². The fourth-order valence-corrected chi connectivity index (χ4v) is 4.31. The molecule has 2 unspecified atom stereocenters. The Morgan fingerprint density at radius 3 is 2.68 bits per heavy atom. The van der Waals surface area contributed by atoms with Crippen LogP contribution in [0.25, 0.3) is 0 Å². The van der Waals surface area contributed by atoms with Crippen molar-refractivity contribution in [3.05, 3.63) is 11.6 Å². The zero-order valence-electron chi connectivity index (χ0n) is 16.0. The van der Waals surface area contributed by atoms with E-state index in [0.717, 1.165) is 37.2 Å². The van der Waals surface area contributed by atoms with E-state index in [1.807, 2.05) is 18.5 Å². The Bertz CT molecular complexity index is 605. The molecule has 2 N–H and O–H groups in total. The fraction of sp³-hybridized carbons (Fsp3) is 0.833. The van der Waals surface area contributed by atoms with Gasteiger partial charge in [-0.05, 0) is 40.0 Å². The minimum Gasteiger partial charge on any atom is -0.378 e. The molecule has 1 spiro atoms. The van der Waals surface area contributed by atoms with Crippen LogP contribution in [-0.2, 0) is 18.3 Å². The molecule has 0 radical (unpaired) electrons. The first-order chi connectivity index (χ1) is 12.1. The van der Waals surface area contributed by atoms with Crippen LogP contribution < -0.4 is 10.6 Å². The molecule has 140 valence electrons. The summed E-state index contributed by atoms with van der Waals surface area (Å²) < 4.78 is 8.00. The lowest BCUT2D eigenvalue weighted by atomic mass is 9.60. The van der Waals surface area contributed by atoms with Crippen LogP contribution in [0, 0.1) is 12.3 Å². The molecule has 1 aromatic rings. The highest BCUT2D eigenvalue weighted by atomic mass is 16.5. The van der Waals surface area contributed by atoms with E-state index in [0.29, 0.717) is 24.1 Å². The molecule has 0 bridgehead atoms. The minimum atomic E-state index is 0.299. The summed E-state index contributed by atoms with van der Waals surface area (Å²) in [5.41, 5.74) is 0.299. The van der Waals surface area contributed by atoms with Crippen LogP contribution in [0.5, 0.6) is 0 Å². The van der Waals surface area contributed by atoms with Crippen molar-refractivity contribution in [1.29, 1.82) is 0 Å². The second-order valence-corrected chi connectivity index (χ2v) is 7.23. The lowest BCUT2D eigenvalue weighted by Crippen LogP contribution is -2.65. The largest absolute Gasteiger partial charge is 0.378 e. The van der Waals surface area contributed by atoms with Crippen molar-refractivity contribution in [3.8, 4) is 0 Å². The van der Waals surface area contributed by atoms with Crippen molar-refractivity contribution in [2.75, 3.05) is 13.2 Å². The van der Waals surface area contributed by atoms with Gasteiger partial charge in [0.05, 0.1) is 6.10 Å². The lowest BCUT2D eigenvalue weighted by molar-refractivity contribution is -0.125. The molecule has 25 heavy (non-hydrogen) atoms. The molecule has 2 atom stereocenters. The Morgan fingerprint density at radius 2 is 2.08 bits per heavy atom. The molecule has 0 aromatic carbocycles. The first-order valence-electron chi connectivity index (χ1n) is 9.62. The predicted molar refractivity (Wildman–Crippen MR) is 98.4 cm³/mol. The maximum Gasteiger partial charge on any atom is 0.191 e. The third-order valence-electron chi connectivity index (χ3n) is 5.90. The molecule has 2 saturated carbocycles. The molecule has 2 aliphatic carbocycles. The molecule has 7 heteroatoms. The van der Waals surface area contributed by atoms with Gasteiger partial charge < -0.3 is 19.9 Å². The quantitative estimate of drug-likeness (QED) is 0.607. The summed E-state index contributed by atoms with van der Waals surface area (Å²) in [6.07, 6.45) is 6.62. The number of hydrogen-bond donors (Lipinski definition) is 2. The first-order valence-corrected chi connectivity index (χ1v) is 9.62. The molecule has 0 amide bonds. The zero-order valence-corrected chi connectivity index (χ0v) is 16.0. The smallest absolute Gasteiger partial charge is 0.191 e. The summed E-state index contributed by atoms with van der Waals surface area (Å²) in [5, 5.41) is 15.3. The van der Waals surface area contributed by atoms with Crippen molar-refractivity contribution < 1.29 is 4.74 Å². The third kappa shape index (κ3) is 3.52. The maximum atomic E-state index is 6.01. The summed E-state index contributed by atoms with van der Waals surface area (Å²) in [6.45, 7) is 8.32. The average Bonchev–Trinajstić information content (AvgIpc) is 3.22. The molecule has 2 fully saturated rings. The number of rotatable bonds is 6. The summed E-state index contributed by atoms with van der Waals surface area (Å²) in [6, 6.07) is 0.450. The predicted octanol–water partition coefficient (Wildman–Crippen LogP) is 1.92. The second kappa shape index (κ2) is 7.72.